The number of ether oxygens (including phenoxy) is 3. The maximum Gasteiger partial charge on any atom is 0.308 e. The van der Waals surface area contributed by atoms with Gasteiger partial charge in [-0.1, -0.05) is 11.6 Å². The zero-order valence-electron chi connectivity index (χ0n) is 21.6. The lowest BCUT2D eigenvalue weighted by molar-refractivity contribution is -0.132. The largest absolute Gasteiger partial charge is 0.493 e. The Bertz CT molecular complexity index is 1520. The van der Waals surface area contributed by atoms with Gasteiger partial charge < -0.3 is 23.2 Å². The summed E-state index contributed by atoms with van der Waals surface area (Å²) < 4.78 is 24.3. The number of hydrogen-bond acceptors (Lipinski definition) is 7. The first-order valence-corrected chi connectivity index (χ1v) is 12.9. The van der Waals surface area contributed by atoms with Crippen molar-refractivity contribution in [1.82, 2.24) is 9.99 Å². The van der Waals surface area contributed by atoms with E-state index in [9.17, 15) is 9.59 Å². The van der Waals surface area contributed by atoms with E-state index in [4.69, 9.17) is 30.2 Å². The fourth-order valence-electron chi connectivity index (χ4n) is 3.80. The van der Waals surface area contributed by atoms with Crippen molar-refractivity contribution < 1.29 is 28.2 Å². The lowest BCUT2D eigenvalue weighted by atomic mass is 10.2. The molecule has 11 heteroatoms. The van der Waals surface area contributed by atoms with E-state index in [1.165, 1.54) is 26.3 Å². The predicted octanol–water partition coefficient (Wildman–Crippen LogP) is 6.38. The summed E-state index contributed by atoms with van der Waals surface area (Å²) in [6, 6.07) is 16.6. The van der Waals surface area contributed by atoms with Gasteiger partial charge in [0.15, 0.2) is 17.3 Å². The fraction of sp³-hybridized carbons (Fsp3) is 0.179. The Morgan fingerprint density at radius 3 is 2.44 bits per heavy atom. The number of rotatable bonds is 9. The monoisotopic (exact) mass is 613 g/mol. The first-order valence-electron chi connectivity index (χ1n) is 11.7. The molecule has 0 aliphatic heterocycles. The van der Waals surface area contributed by atoms with Crippen molar-refractivity contribution in [3.05, 3.63) is 92.6 Å². The molecule has 0 spiro atoms. The number of hydrogen-bond donors (Lipinski definition) is 1. The standard InChI is InChI=1S/C28H25BrClN3O6/c1-16-5-6-17(2)33(16)20-7-9-21(10-8-20)37-15-22-11-12-23(39-22)28(35)32-31-14-19-13-24(36-4)27(38-18(3)34)26(30)25(19)29/h5-14H,15H2,1-4H3,(H,32,35)/b31-14+. The second-order valence-electron chi connectivity index (χ2n) is 8.42. The Balaban J connectivity index is 1.35. The van der Waals surface area contributed by atoms with Crippen molar-refractivity contribution in [2.24, 2.45) is 5.10 Å². The van der Waals surface area contributed by atoms with Gasteiger partial charge in [-0.15, -0.1) is 0 Å². The molecule has 0 bridgehead atoms. The summed E-state index contributed by atoms with van der Waals surface area (Å²) in [4.78, 5) is 23.9. The number of carbonyl (C=O) groups excluding carboxylic acids is 2. The summed E-state index contributed by atoms with van der Waals surface area (Å²) in [6.07, 6.45) is 1.36. The number of furan rings is 1. The van der Waals surface area contributed by atoms with Gasteiger partial charge in [-0.05, 0) is 84.4 Å². The van der Waals surface area contributed by atoms with Crippen LogP contribution in [0.1, 0.15) is 40.2 Å². The van der Waals surface area contributed by atoms with Gasteiger partial charge in [0, 0.05) is 34.0 Å². The highest BCUT2D eigenvalue weighted by molar-refractivity contribution is 9.10. The van der Waals surface area contributed by atoms with Crippen LogP contribution in [0.4, 0.5) is 0 Å². The van der Waals surface area contributed by atoms with Gasteiger partial charge in [-0.3, -0.25) is 9.59 Å². The van der Waals surface area contributed by atoms with Crippen LogP contribution in [0.2, 0.25) is 5.02 Å². The molecule has 0 saturated carbocycles. The highest BCUT2D eigenvalue weighted by atomic mass is 79.9. The molecule has 0 radical (unpaired) electrons. The molecule has 1 amide bonds. The number of hydrazone groups is 1. The van der Waals surface area contributed by atoms with E-state index in [2.05, 4.69) is 57.0 Å². The van der Waals surface area contributed by atoms with Crippen molar-refractivity contribution in [2.75, 3.05) is 7.11 Å². The van der Waals surface area contributed by atoms with E-state index in [0.717, 1.165) is 17.1 Å². The number of methoxy groups -OCH3 is 1. The molecule has 2 aromatic carbocycles. The summed E-state index contributed by atoms with van der Waals surface area (Å²) in [5, 5.41) is 4.08. The van der Waals surface area contributed by atoms with Crippen LogP contribution in [0, 0.1) is 13.8 Å². The van der Waals surface area contributed by atoms with Crippen molar-refractivity contribution in [3.63, 3.8) is 0 Å². The van der Waals surface area contributed by atoms with Gasteiger partial charge in [-0.2, -0.15) is 5.10 Å². The molecule has 0 fully saturated rings. The maximum atomic E-state index is 12.5. The van der Waals surface area contributed by atoms with Crippen LogP contribution in [0.5, 0.6) is 17.2 Å². The Labute approximate surface area is 238 Å². The summed E-state index contributed by atoms with van der Waals surface area (Å²) in [5.74, 6) is 0.427. The highest BCUT2D eigenvalue weighted by Crippen LogP contribution is 2.42. The molecule has 0 aliphatic carbocycles. The minimum absolute atomic E-state index is 0.0690. The molecule has 0 aliphatic rings. The lowest BCUT2D eigenvalue weighted by Gasteiger charge is -2.12. The smallest absolute Gasteiger partial charge is 0.308 e. The van der Waals surface area contributed by atoms with Crippen LogP contribution >= 0.6 is 27.5 Å². The Morgan fingerprint density at radius 2 is 1.79 bits per heavy atom. The Kier molecular flexibility index (Phi) is 8.78. The van der Waals surface area contributed by atoms with Crippen molar-refractivity contribution >= 4 is 45.6 Å². The number of nitrogens with zero attached hydrogens (tertiary/aromatic N) is 2. The minimum Gasteiger partial charge on any atom is -0.493 e. The van der Waals surface area contributed by atoms with E-state index in [1.807, 2.05) is 24.3 Å². The number of aryl methyl sites for hydroxylation is 2. The number of carbonyl (C=O) groups is 2. The van der Waals surface area contributed by atoms with Gasteiger partial charge in [-0.25, -0.2) is 5.43 Å². The first kappa shape index (κ1) is 28.0. The van der Waals surface area contributed by atoms with E-state index < -0.39 is 11.9 Å². The Hall–Kier alpha value is -4.02. The van der Waals surface area contributed by atoms with E-state index >= 15 is 0 Å². The van der Waals surface area contributed by atoms with Crippen molar-refractivity contribution in [3.8, 4) is 22.9 Å². The topological polar surface area (TPSA) is 104 Å². The van der Waals surface area contributed by atoms with E-state index in [0.29, 0.717) is 21.5 Å². The number of amides is 1. The average Bonchev–Trinajstić information content (AvgIpc) is 3.53. The van der Waals surface area contributed by atoms with Crippen molar-refractivity contribution in [1.29, 1.82) is 0 Å². The number of halogens is 2. The predicted molar refractivity (Wildman–Crippen MR) is 150 cm³/mol. The van der Waals surface area contributed by atoms with E-state index in [-0.39, 0.29) is 28.9 Å². The zero-order valence-corrected chi connectivity index (χ0v) is 23.9. The quantitative estimate of drug-likeness (QED) is 0.102. The van der Waals surface area contributed by atoms with Gasteiger partial charge in [0.05, 0.1) is 13.3 Å². The third-order valence-corrected chi connectivity index (χ3v) is 7.07. The summed E-state index contributed by atoms with van der Waals surface area (Å²) in [7, 11) is 1.41. The summed E-state index contributed by atoms with van der Waals surface area (Å²) in [6.45, 7) is 5.52. The number of nitrogens with one attached hydrogen (secondary N) is 1. The molecule has 4 rings (SSSR count). The molecule has 1 N–H and O–H groups in total. The average molecular weight is 615 g/mol. The third-order valence-electron chi connectivity index (χ3n) is 5.62. The second kappa shape index (κ2) is 12.2. The molecule has 2 aromatic heterocycles. The molecule has 4 aromatic rings. The van der Waals surface area contributed by atoms with Crippen LogP contribution in [0.15, 0.2) is 68.6 Å². The number of esters is 1. The molecule has 2 heterocycles. The van der Waals surface area contributed by atoms with Crippen LogP contribution in [-0.2, 0) is 11.4 Å². The van der Waals surface area contributed by atoms with E-state index in [1.54, 1.807) is 12.1 Å². The maximum absolute atomic E-state index is 12.5. The van der Waals surface area contributed by atoms with Gasteiger partial charge in [0.1, 0.15) is 23.1 Å². The third kappa shape index (κ3) is 6.52. The van der Waals surface area contributed by atoms with Crippen LogP contribution in [0.25, 0.3) is 5.69 Å². The molecule has 0 saturated heterocycles. The van der Waals surface area contributed by atoms with Gasteiger partial charge in [0.25, 0.3) is 0 Å². The normalized spacial score (nSPS) is 11.0. The summed E-state index contributed by atoms with van der Waals surface area (Å²) in [5.41, 5.74) is 6.23. The zero-order chi connectivity index (χ0) is 28.1. The summed E-state index contributed by atoms with van der Waals surface area (Å²) >= 11 is 9.64. The van der Waals surface area contributed by atoms with Crippen LogP contribution in [0.3, 0.4) is 0 Å². The van der Waals surface area contributed by atoms with Crippen LogP contribution in [-0.4, -0.2) is 29.8 Å². The minimum atomic E-state index is -0.551. The molecular weight excluding hydrogens is 590 g/mol. The second-order valence-corrected chi connectivity index (χ2v) is 9.59. The van der Waals surface area contributed by atoms with Crippen molar-refractivity contribution in [2.45, 2.75) is 27.4 Å². The Morgan fingerprint density at radius 1 is 1.10 bits per heavy atom. The molecule has 9 nitrogen and oxygen atoms in total. The highest BCUT2D eigenvalue weighted by Gasteiger charge is 2.18. The fourth-order valence-corrected chi connectivity index (χ4v) is 4.44. The molecule has 39 heavy (non-hydrogen) atoms. The molecule has 0 atom stereocenters. The molecule has 0 unspecified atom stereocenters. The van der Waals surface area contributed by atoms with Gasteiger partial charge in [0.2, 0.25) is 0 Å². The lowest BCUT2D eigenvalue weighted by Crippen LogP contribution is -2.17. The first-order chi connectivity index (χ1) is 18.7. The van der Waals surface area contributed by atoms with Gasteiger partial charge >= 0.3 is 11.9 Å². The van der Waals surface area contributed by atoms with Crippen LogP contribution < -0.4 is 19.6 Å². The number of aromatic nitrogens is 1. The SMILES string of the molecule is COc1cc(/C=N/NC(=O)c2ccc(COc3ccc(-n4c(C)ccc4C)cc3)o2)c(Br)c(Cl)c1OC(C)=O. The number of benzene rings is 2. The molecular formula is C28H25BrClN3O6. The molecule has 202 valence electrons.